The van der Waals surface area contributed by atoms with E-state index in [0.717, 1.165) is 0 Å². The Morgan fingerprint density at radius 2 is 2.24 bits per heavy atom. The molecule has 2 aromatic heterocycles. The Labute approximate surface area is 96.7 Å². The first kappa shape index (κ1) is 11.1. The molecule has 2 aromatic rings. The third-order valence-electron chi connectivity index (χ3n) is 2.30. The van der Waals surface area contributed by atoms with Gasteiger partial charge in [-0.1, -0.05) is 0 Å². The van der Waals surface area contributed by atoms with Gasteiger partial charge in [-0.05, 0) is 0 Å². The Morgan fingerprint density at radius 3 is 2.88 bits per heavy atom. The molecule has 0 saturated carbocycles. The quantitative estimate of drug-likeness (QED) is 0.835. The highest BCUT2D eigenvalue weighted by atomic mass is 16.5. The van der Waals surface area contributed by atoms with Crippen LogP contribution in [0.1, 0.15) is 10.5 Å². The second kappa shape index (κ2) is 4.20. The summed E-state index contributed by atoms with van der Waals surface area (Å²) in [6, 6.07) is 0. The maximum atomic E-state index is 11.1. The molecule has 0 atom stereocenters. The molecule has 0 aliphatic carbocycles. The summed E-state index contributed by atoms with van der Waals surface area (Å²) in [5.74, 6) is -0.663. The van der Waals surface area contributed by atoms with Gasteiger partial charge in [-0.25, -0.2) is 14.8 Å². The second-order valence-electron chi connectivity index (χ2n) is 3.28. The molecule has 7 nitrogen and oxygen atoms in total. The van der Waals surface area contributed by atoms with Crippen LogP contribution in [0.15, 0.2) is 18.7 Å². The van der Waals surface area contributed by atoms with E-state index in [-0.39, 0.29) is 5.69 Å². The van der Waals surface area contributed by atoms with Gasteiger partial charge in [0.25, 0.3) is 0 Å². The molecule has 0 spiro atoms. The number of carboxylic acid groups (broad SMARTS) is 1. The molecular weight excluding hydrogens is 224 g/mol. The number of rotatable bonds is 3. The van der Waals surface area contributed by atoms with Crippen molar-refractivity contribution in [1.82, 2.24) is 19.7 Å². The maximum absolute atomic E-state index is 11.1. The first-order valence-corrected chi connectivity index (χ1v) is 4.74. The number of hydrogen-bond donors (Lipinski definition) is 1. The second-order valence-corrected chi connectivity index (χ2v) is 3.28. The summed E-state index contributed by atoms with van der Waals surface area (Å²) in [6.07, 6.45) is 4.24. The van der Waals surface area contributed by atoms with Gasteiger partial charge in [0.15, 0.2) is 11.4 Å². The van der Waals surface area contributed by atoms with Crippen molar-refractivity contribution in [3.63, 3.8) is 0 Å². The minimum absolute atomic E-state index is 0.0574. The SMILES string of the molecule is COc1cncnc1-c1cnn(C)c1C(=O)O. The minimum atomic E-state index is -1.07. The van der Waals surface area contributed by atoms with Gasteiger partial charge in [0, 0.05) is 7.05 Å². The first-order chi connectivity index (χ1) is 8.15. The predicted octanol–water partition coefficient (Wildman–Crippen LogP) is 0.584. The highest BCUT2D eigenvalue weighted by Crippen LogP contribution is 2.28. The van der Waals surface area contributed by atoms with Crippen LogP contribution in [0.25, 0.3) is 11.3 Å². The van der Waals surface area contributed by atoms with Gasteiger partial charge >= 0.3 is 5.97 Å². The largest absolute Gasteiger partial charge is 0.493 e. The van der Waals surface area contributed by atoms with Crippen molar-refractivity contribution < 1.29 is 14.6 Å². The lowest BCUT2D eigenvalue weighted by molar-refractivity contribution is 0.0686. The van der Waals surface area contributed by atoms with E-state index in [1.54, 1.807) is 7.05 Å². The van der Waals surface area contributed by atoms with Gasteiger partial charge in [0.1, 0.15) is 12.0 Å². The summed E-state index contributed by atoms with van der Waals surface area (Å²) in [6.45, 7) is 0. The normalized spacial score (nSPS) is 10.2. The number of methoxy groups -OCH3 is 1. The van der Waals surface area contributed by atoms with Crippen molar-refractivity contribution in [1.29, 1.82) is 0 Å². The molecule has 1 N–H and O–H groups in total. The number of carbonyl (C=O) groups is 1. The van der Waals surface area contributed by atoms with Crippen LogP contribution in [0, 0.1) is 0 Å². The van der Waals surface area contributed by atoms with Crippen LogP contribution in [-0.4, -0.2) is 37.9 Å². The van der Waals surface area contributed by atoms with Gasteiger partial charge < -0.3 is 9.84 Å². The van der Waals surface area contributed by atoms with E-state index in [1.807, 2.05) is 0 Å². The fraction of sp³-hybridized carbons (Fsp3) is 0.200. The van der Waals surface area contributed by atoms with Crippen molar-refractivity contribution in [3.8, 4) is 17.0 Å². The Hall–Kier alpha value is -2.44. The lowest BCUT2D eigenvalue weighted by Gasteiger charge is -2.05. The van der Waals surface area contributed by atoms with Crippen LogP contribution in [0.2, 0.25) is 0 Å². The van der Waals surface area contributed by atoms with Crippen molar-refractivity contribution in [3.05, 3.63) is 24.4 Å². The van der Waals surface area contributed by atoms with Crippen LogP contribution in [-0.2, 0) is 7.05 Å². The van der Waals surface area contributed by atoms with Crippen LogP contribution >= 0.6 is 0 Å². The van der Waals surface area contributed by atoms with E-state index in [1.165, 1.54) is 30.5 Å². The number of aromatic nitrogens is 4. The molecule has 7 heteroatoms. The number of aromatic carboxylic acids is 1. The monoisotopic (exact) mass is 234 g/mol. The average Bonchev–Trinajstić information content (AvgIpc) is 2.71. The first-order valence-electron chi connectivity index (χ1n) is 4.74. The zero-order valence-electron chi connectivity index (χ0n) is 9.28. The molecule has 0 unspecified atom stereocenters. The van der Waals surface area contributed by atoms with E-state index >= 15 is 0 Å². The Morgan fingerprint density at radius 1 is 1.47 bits per heavy atom. The number of aryl methyl sites for hydroxylation is 1. The highest BCUT2D eigenvalue weighted by molar-refractivity contribution is 5.94. The van der Waals surface area contributed by atoms with Crippen LogP contribution in [0.3, 0.4) is 0 Å². The molecule has 0 aliphatic heterocycles. The number of ether oxygens (including phenoxy) is 1. The standard InChI is InChI=1S/C10H10N4O3/c1-14-9(10(15)16)6(3-13-14)8-7(17-2)4-11-5-12-8/h3-5H,1-2H3,(H,15,16). The number of hydrogen-bond acceptors (Lipinski definition) is 5. The molecule has 0 aromatic carbocycles. The summed E-state index contributed by atoms with van der Waals surface area (Å²) in [5.41, 5.74) is 0.870. The Bertz CT molecular complexity index is 564. The minimum Gasteiger partial charge on any atom is -0.493 e. The molecule has 0 saturated heterocycles. The topological polar surface area (TPSA) is 90.1 Å². The molecule has 17 heavy (non-hydrogen) atoms. The molecule has 0 aliphatic rings. The van der Waals surface area contributed by atoms with Gasteiger partial charge in [0.05, 0.1) is 25.1 Å². The van der Waals surface area contributed by atoms with E-state index in [4.69, 9.17) is 9.84 Å². The van der Waals surface area contributed by atoms with Gasteiger partial charge in [-0.2, -0.15) is 5.10 Å². The summed E-state index contributed by atoms with van der Waals surface area (Å²) in [7, 11) is 3.03. The van der Waals surface area contributed by atoms with Crippen molar-refractivity contribution in [2.24, 2.45) is 7.05 Å². The molecular formula is C10H10N4O3. The molecule has 88 valence electrons. The Balaban J connectivity index is 2.65. The maximum Gasteiger partial charge on any atom is 0.354 e. The predicted molar refractivity (Wildman–Crippen MR) is 57.7 cm³/mol. The van der Waals surface area contributed by atoms with Crippen LogP contribution in [0.5, 0.6) is 5.75 Å². The third kappa shape index (κ3) is 1.82. The molecule has 0 amide bonds. The third-order valence-corrected chi connectivity index (χ3v) is 2.30. The van der Waals surface area contributed by atoms with Crippen LogP contribution < -0.4 is 4.74 Å². The Kier molecular flexibility index (Phi) is 2.73. The van der Waals surface area contributed by atoms with Crippen molar-refractivity contribution in [2.75, 3.05) is 7.11 Å². The van der Waals surface area contributed by atoms with Gasteiger partial charge in [-0.3, -0.25) is 4.68 Å². The summed E-state index contributed by atoms with van der Waals surface area (Å²) >= 11 is 0. The number of nitrogens with zero attached hydrogens (tertiary/aromatic N) is 4. The number of carboxylic acids is 1. The fourth-order valence-corrected chi connectivity index (χ4v) is 1.53. The fourth-order valence-electron chi connectivity index (χ4n) is 1.53. The van der Waals surface area contributed by atoms with E-state index in [9.17, 15) is 4.79 Å². The van der Waals surface area contributed by atoms with E-state index in [2.05, 4.69) is 15.1 Å². The molecule has 0 radical (unpaired) electrons. The molecule has 2 rings (SSSR count). The van der Waals surface area contributed by atoms with Gasteiger partial charge in [0.2, 0.25) is 0 Å². The lowest BCUT2D eigenvalue weighted by atomic mass is 10.1. The summed E-state index contributed by atoms with van der Waals surface area (Å²) < 4.78 is 6.37. The van der Waals surface area contributed by atoms with Gasteiger partial charge in [-0.15, -0.1) is 0 Å². The smallest absolute Gasteiger partial charge is 0.354 e. The summed E-state index contributed by atoms with van der Waals surface area (Å²) in [5, 5.41) is 13.0. The lowest BCUT2D eigenvalue weighted by Crippen LogP contribution is -2.07. The molecule has 0 bridgehead atoms. The van der Waals surface area contributed by atoms with E-state index < -0.39 is 5.97 Å². The molecule has 0 fully saturated rings. The highest BCUT2D eigenvalue weighted by Gasteiger charge is 2.20. The molecule has 2 heterocycles. The van der Waals surface area contributed by atoms with E-state index in [0.29, 0.717) is 17.0 Å². The van der Waals surface area contributed by atoms with Crippen molar-refractivity contribution in [2.45, 2.75) is 0 Å². The zero-order valence-corrected chi connectivity index (χ0v) is 9.28. The zero-order chi connectivity index (χ0) is 12.4. The van der Waals surface area contributed by atoms with Crippen molar-refractivity contribution >= 4 is 5.97 Å². The average molecular weight is 234 g/mol. The summed E-state index contributed by atoms with van der Waals surface area (Å²) in [4.78, 5) is 19.0. The van der Waals surface area contributed by atoms with Crippen LogP contribution in [0.4, 0.5) is 0 Å².